The maximum absolute atomic E-state index is 13.4. The third kappa shape index (κ3) is 4.11. The largest absolute Gasteiger partial charge is 0.454 e. The van der Waals surface area contributed by atoms with Crippen LogP contribution in [0, 0.1) is 11.6 Å². The molecule has 0 amide bonds. The summed E-state index contributed by atoms with van der Waals surface area (Å²) >= 11 is 0. The lowest BCUT2D eigenvalue weighted by molar-refractivity contribution is -0.137. The number of halogens is 2. The number of Topliss-reactive ketones (excluding diaryl/α,β-unsaturated/α-hetero) is 1. The van der Waals surface area contributed by atoms with Crippen molar-refractivity contribution < 1.29 is 23.1 Å². The predicted molar refractivity (Wildman–Crippen MR) is 76.1 cm³/mol. The van der Waals surface area contributed by atoms with Crippen molar-refractivity contribution in [3.63, 3.8) is 0 Å². The Bertz CT molecular complexity index is 622. The fourth-order valence-electron chi connectivity index (χ4n) is 1.56. The van der Waals surface area contributed by atoms with Crippen molar-refractivity contribution in [2.75, 3.05) is 13.2 Å². The van der Waals surface area contributed by atoms with Gasteiger partial charge in [0.2, 0.25) is 5.78 Å². The number of rotatable bonds is 6. The standard InChI is InChI=1S/C14H15F2N3O3/c1-2-19-13(18)8(6-17)14(21)22-7-11(20)12-9(15)4-3-5-10(12)16/h3-6H,2,7,17H2,1H3,(H2,18,19). The van der Waals surface area contributed by atoms with E-state index in [0.717, 1.165) is 24.4 Å². The third-order valence-corrected chi connectivity index (χ3v) is 2.57. The molecule has 0 spiro atoms. The molecule has 0 aromatic heterocycles. The number of benzene rings is 1. The normalized spacial score (nSPS) is 12.1. The smallest absolute Gasteiger partial charge is 0.343 e. The Balaban J connectivity index is 2.80. The molecular formula is C14H15F2N3O3. The van der Waals surface area contributed by atoms with Gasteiger partial charge in [0, 0.05) is 12.7 Å². The zero-order valence-electron chi connectivity index (χ0n) is 11.8. The molecule has 0 radical (unpaired) electrons. The highest BCUT2D eigenvalue weighted by Gasteiger charge is 2.21. The lowest BCUT2D eigenvalue weighted by Gasteiger charge is -2.08. The first-order valence-electron chi connectivity index (χ1n) is 6.28. The van der Waals surface area contributed by atoms with E-state index < -0.39 is 35.6 Å². The van der Waals surface area contributed by atoms with E-state index in [0.29, 0.717) is 6.54 Å². The number of amidine groups is 1. The molecule has 0 atom stereocenters. The van der Waals surface area contributed by atoms with E-state index in [1.807, 2.05) is 0 Å². The fraction of sp³-hybridized carbons (Fsp3) is 0.214. The molecule has 0 saturated carbocycles. The van der Waals surface area contributed by atoms with Crippen LogP contribution in [0.2, 0.25) is 0 Å². The van der Waals surface area contributed by atoms with Gasteiger partial charge in [-0.2, -0.15) is 0 Å². The minimum atomic E-state index is -1.04. The molecule has 0 bridgehead atoms. The van der Waals surface area contributed by atoms with Gasteiger partial charge < -0.3 is 16.2 Å². The monoisotopic (exact) mass is 311 g/mol. The molecule has 4 N–H and O–H groups in total. The number of aliphatic imine (C=N–C) groups is 1. The van der Waals surface area contributed by atoms with Crippen LogP contribution in [-0.4, -0.2) is 30.7 Å². The summed E-state index contributed by atoms with van der Waals surface area (Å²) in [7, 11) is 0. The number of ether oxygens (including phenoxy) is 1. The molecule has 0 saturated heterocycles. The Morgan fingerprint density at radius 3 is 2.41 bits per heavy atom. The molecule has 0 fully saturated rings. The molecule has 1 rings (SSSR count). The van der Waals surface area contributed by atoms with Crippen molar-refractivity contribution in [1.29, 1.82) is 0 Å². The molecule has 0 unspecified atom stereocenters. The average molecular weight is 311 g/mol. The predicted octanol–water partition coefficient (Wildman–Crippen LogP) is 0.910. The Morgan fingerprint density at radius 1 is 1.32 bits per heavy atom. The molecule has 1 aromatic rings. The zero-order chi connectivity index (χ0) is 16.7. The zero-order valence-corrected chi connectivity index (χ0v) is 11.8. The summed E-state index contributed by atoms with van der Waals surface area (Å²) in [6.07, 6.45) is 0.880. The highest BCUT2D eigenvalue weighted by Crippen LogP contribution is 2.13. The van der Waals surface area contributed by atoms with Crippen LogP contribution in [0.25, 0.3) is 0 Å². The van der Waals surface area contributed by atoms with Gasteiger partial charge in [-0.15, -0.1) is 0 Å². The highest BCUT2D eigenvalue weighted by atomic mass is 19.1. The maximum atomic E-state index is 13.4. The van der Waals surface area contributed by atoms with Gasteiger partial charge in [-0.1, -0.05) is 6.07 Å². The number of ketones is 1. The molecule has 118 valence electrons. The number of hydrogen-bond donors (Lipinski definition) is 2. The summed E-state index contributed by atoms with van der Waals surface area (Å²) in [5.74, 6) is -4.27. The molecule has 22 heavy (non-hydrogen) atoms. The maximum Gasteiger partial charge on any atom is 0.343 e. The van der Waals surface area contributed by atoms with Crippen LogP contribution in [0.15, 0.2) is 35.0 Å². The Labute approximate surface area is 125 Å². The first kappa shape index (κ1) is 17.3. The number of carbonyl (C=O) groups excluding carboxylic acids is 2. The van der Waals surface area contributed by atoms with Gasteiger partial charge >= 0.3 is 5.97 Å². The number of hydrogen-bond acceptors (Lipinski definition) is 5. The Hall–Kier alpha value is -2.77. The number of esters is 1. The second-order valence-corrected chi connectivity index (χ2v) is 4.04. The topological polar surface area (TPSA) is 108 Å². The van der Waals surface area contributed by atoms with Crippen molar-refractivity contribution in [3.05, 3.63) is 47.2 Å². The SMILES string of the molecule is CCN=C(N)C(=CN)C(=O)OCC(=O)c1c(F)cccc1F. The van der Waals surface area contributed by atoms with Crippen LogP contribution in [0.5, 0.6) is 0 Å². The van der Waals surface area contributed by atoms with Crippen molar-refractivity contribution in [3.8, 4) is 0 Å². The minimum Gasteiger partial charge on any atom is -0.454 e. The lowest BCUT2D eigenvalue weighted by Crippen LogP contribution is -2.26. The van der Waals surface area contributed by atoms with E-state index >= 15 is 0 Å². The van der Waals surface area contributed by atoms with Crippen LogP contribution in [0.1, 0.15) is 17.3 Å². The summed E-state index contributed by atoms with van der Waals surface area (Å²) < 4.78 is 31.5. The quantitative estimate of drug-likeness (QED) is 0.267. The van der Waals surface area contributed by atoms with E-state index in [9.17, 15) is 18.4 Å². The van der Waals surface area contributed by atoms with E-state index in [2.05, 4.69) is 9.73 Å². The molecule has 0 aliphatic rings. The van der Waals surface area contributed by atoms with E-state index in [1.165, 1.54) is 0 Å². The summed E-state index contributed by atoms with van der Waals surface area (Å²) in [4.78, 5) is 27.2. The number of nitrogens with two attached hydrogens (primary N) is 2. The molecule has 0 heterocycles. The lowest BCUT2D eigenvalue weighted by atomic mass is 10.1. The molecule has 6 nitrogen and oxygen atoms in total. The summed E-state index contributed by atoms with van der Waals surface area (Å²) in [5, 5.41) is 0. The van der Waals surface area contributed by atoms with Crippen LogP contribution >= 0.6 is 0 Å². The van der Waals surface area contributed by atoms with E-state index in [1.54, 1.807) is 6.92 Å². The minimum absolute atomic E-state index is 0.153. The van der Waals surface area contributed by atoms with Crippen LogP contribution < -0.4 is 11.5 Å². The second-order valence-electron chi connectivity index (χ2n) is 4.04. The second kappa shape index (κ2) is 7.87. The van der Waals surface area contributed by atoms with Crippen molar-refractivity contribution >= 4 is 17.6 Å². The van der Waals surface area contributed by atoms with Gasteiger partial charge in [-0.3, -0.25) is 9.79 Å². The van der Waals surface area contributed by atoms with Gasteiger partial charge in [0.25, 0.3) is 0 Å². The Kier molecular flexibility index (Phi) is 6.18. The van der Waals surface area contributed by atoms with Gasteiger partial charge in [-0.25, -0.2) is 13.6 Å². The molecular weight excluding hydrogens is 296 g/mol. The fourth-order valence-corrected chi connectivity index (χ4v) is 1.56. The van der Waals surface area contributed by atoms with Crippen molar-refractivity contribution in [2.24, 2.45) is 16.5 Å². The molecule has 1 aromatic carbocycles. The summed E-state index contributed by atoms with van der Waals surface area (Å²) in [6.45, 7) is 1.15. The molecule has 0 aliphatic carbocycles. The van der Waals surface area contributed by atoms with Gasteiger partial charge in [0.15, 0.2) is 6.61 Å². The van der Waals surface area contributed by atoms with Crippen LogP contribution in [0.3, 0.4) is 0 Å². The first-order chi connectivity index (χ1) is 10.4. The number of carbonyl (C=O) groups is 2. The van der Waals surface area contributed by atoms with Gasteiger partial charge in [0.05, 0.1) is 5.56 Å². The number of nitrogens with zero attached hydrogens (tertiary/aromatic N) is 1. The Morgan fingerprint density at radius 2 is 1.91 bits per heavy atom. The van der Waals surface area contributed by atoms with E-state index in [-0.39, 0.29) is 11.4 Å². The van der Waals surface area contributed by atoms with Crippen LogP contribution in [-0.2, 0) is 9.53 Å². The van der Waals surface area contributed by atoms with Gasteiger partial charge in [-0.05, 0) is 19.1 Å². The van der Waals surface area contributed by atoms with E-state index in [4.69, 9.17) is 11.5 Å². The summed E-state index contributed by atoms with van der Waals surface area (Å²) in [6, 6.07) is 2.97. The van der Waals surface area contributed by atoms with Gasteiger partial charge in [0.1, 0.15) is 23.0 Å². The van der Waals surface area contributed by atoms with Crippen molar-refractivity contribution in [1.82, 2.24) is 0 Å². The highest BCUT2D eigenvalue weighted by molar-refractivity contribution is 6.18. The first-order valence-corrected chi connectivity index (χ1v) is 6.28. The molecule has 0 aliphatic heterocycles. The molecule has 8 heteroatoms. The van der Waals surface area contributed by atoms with Crippen LogP contribution in [0.4, 0.5) is 8.78 Å². The third-order valence-electron chi connectivity index (χ3n) is 2.57. The van der Waals surface area contributed by atoms with Crippen molar-refractivity contribution in [2.45, 2.75) is 6.92 Å². The average Bonchev–Trinajstić information content (AvgIpc) is 2.46. The summed E-state index contributed by atoms with van der Waals surface area (Å²) in [5.41, 5.74) is 9.74.